The van der Waals surface area contributed by atoms with E-state index in [2.05, 4.69) is 36.9 Å². The zero-order chi connectivity index (χ0) is 47.8. The van der Waals surface area contributed by atoms with Crippen LogP contribution in [0.4, 0.5) is 0 Å². The molecule has 2 rings (SSSR count). The maximum atomic E-state index is 13.8. The van der Waals surface area contributed by atoms with E-state index in [0.717, 1.165) is 0 Å². The topological polar surface area (TPSA) is 392 Å². The number of carbonyl (C=O) groups is 8. The molecule has 0 fully saturated rings. The van der Waals surface area contributed by atoms with Crippen LogP contribution in [0.2, 0.25) is 0 Å². The Morgan fingerprint density at radius 3 is 1.83 bits per heavy atom. The molecule has 352 valence electrons. The summed E-state index contributed by atoms with van der Waals surface area (Å²) in [5.74, 6) is -7.24. The summed E-state index contributed by atoms with van der Waals surface area (Å²) >= 11 is 1.34. The number of carboxylic acid groups (broad SMARTS) is 1. The molecule has 64 heavy (non-hydrogen) atoms. The smallest absolute Gasteiger partial charge is 0.328 e. The summed E-state index contributed by atoms with van der Waals surface area (Å²) in [7, 11) is 0. The number of rotatable bonds is 28. The third kappa shape index (κ3) is 20.1. The van der Waals surface area contributed by atoms with Crippen molar-refractivity contribution in [2.24, 2.45) is 22.2 Å². The van der Waals surface area contributed by atoms with Gasteiger partial charge in [0.05, 0.1) is 31.8 Å². The third-order valence-electron chi connectivity index (χ3n) is 9.22. The van der Waals surface area contributed by atoms with Gasteiger partial charge in [-0.15, -0.1) is 0 Å². The number of hydrogen-bond donors (Lipinski definition) is 14. The molecule has 1 unspecified atom stereocenters. The number of aliphatic hydroxyl groups is 2. The van der Waals surface area contributed by atoms with Gasteiger partial charge in [-0.1, -0.05) is 42.5 Å². The fourth-order valence-electron chi connectivity index (χ4n) is 5.73. The van der Waals surface area contributed by atoms with Gasteiger partial charge in [0.15, 0.2) is 5.96 Å². The van der Waals surface area contributed by atoms with Gasteiger partial charge < -0.3 is 74.8 Å². The zero-order valence-electron chi connectivity index (χ0n) is 35.5. The number of amides is 7. The van der Waals surface area contributed by atoms with Crippen LogP contribution < -0.4 is 54.4 Å². The van der Waals surface area contributed by atoms with Crippen molar-refractivity contribution in [3.63, 3.8) is 0 Å². The Morgan fingerprint density at radius 1 is 0.688 bits per heavy atom. The Kier molecular flexibility index (Phi) is 23.7. The van der Waals surface area contributed by atoms with Gasteiger partial charge in [0.2, 0.25) is 41.4 Å². The SMILES string of the molecule is CSCC[C@H](NC(=O)[C@H](Cc1ccccc1)NC(=O)CNC(=O)CNC(=O)[C@H](Cc1ccc(O)cc1)NC(=O)[C@@H](N)CCCN=C(N)N)C(=O)N[C@H](C(=O)N[C@@H](CO)C(=O)O)C(C)O. The van der Waals surface area contributed by atoms with Gasteiger partial charge in [0.1, 0.15) is 36.0 Å². The quantitative estimate of drug-likeness (QED) is 0.0217. The number of aliphatic carboxylic acids is 1. The highest BCUT2D eigenvalue weighted by Gasteiger charge is 2.33. The molecule has 0 aromatic heterocycles. The van der Waals surface area contributed by atoms with Crippen molar-refractivity contribution in [3.8, 4) is 5.75 Å². The van der Waals surface area contributed by atoms with E-state index in [0.29, 0.717) is 23.3 Å². The summed E-state index contributed by atoms with van der Waals surface area (Å²) in [6, 6.07) is 6.16. The number of nitrogens with two attached hydrogens (primary N) is 3. The number of thioether (sulfide) groups is 1. The molecule has 17 N–H and O–H groups in total. The number of nitrogens with one attached hydrogen (secondary N) is 7. The summed E-state index contributed by atoms with van der Waals surface area (Å²) < 4.78 is 0. The van der Waals surface area contributed by atoms with E-state index in [1.807, 2.05) is 5.32 Å². The monoisotopic (exact) mass is 917 g/mol. The van der Waals surface area contributed by atoms with Crippen LogP contribution in [0.1, 0.15) is 37.3 Å². The van der Waals surface area contributed by atoms with Crippen molar-refractivity contribution in [1.29, 1.82) is 0 Å². The van der Waals surface area contributed by atoms with Crippen LogP contribution in [0.15, 0.2) is 59.6 Å². The van der Waals surface area contributed by atoms with Crippen molar-refractivity contribution < 1.29 is 58.8 Å². The highest BCUT2D eigenvalue weighted by molar-refractivity contribution is 7.98. The average Bonchev–Trinajstić information content (AvgIpc) is 3.25. The molecule has 0 aliphatic carbocycles. The maximum Gasteiger partial charge on any atom is 0.328 e. The second-order valence-electron chi connectivity index (χ2n) is 14.4. The molecule has 0 heterocycles. The van der Waals surface area contributed by atoms with Crippen molar-refractivity contribution in [2.45, 2.75) is 81.4 Å². The van der Waals surface area contributed by atoms with Crippen LogP contribution in [-0.4, -0.2) is 154 Å². The fourth-order valence-corrected chi connectivity index (χ4v) is 6.20. The third-order valence-corrected chi connectivity index (χ3v) is 9.86. The number of guanidine groups is 1. The van der Waals surface area contributed by atoms with Crippen molar-refractivity contribution in [1.82, 2.24) is 37.2 Å². The molecule has 0 saturated carbocycles. The highest BCUT2D eigenvalue weighted by Crippen LogP contribution is 2.12. The minimum absolute atomic E-state index is 0.0210. The summed E-state index contributed by atoms with van der Waals surface area (Å²) in [6.45, 7) is -0.838. The zero-order valence-corrected chi connectivity index (χ0v) is 36.3. The first kappa shape index (κ1) is 53.6. The number of phenolic OH excluding ortho intramolecular Hbond substituents is 1. The summed E-state index contributed by atoms with van der Waals surface area (Å²) in [6.07, 6.45) is 0.708. The lowest BCUT2D eigenvalue weighted by molar-refractivity contribution is -0.144. The van der Waals surface area contributed by atoms with Gasteiger partial charge in [-0.25, -0.2) is 4.79 Å². The molecule has 0 aliphatic heterocycles. The van der Waals surface area contributed by atoms with Crippen LogP contribution >= 0.6 is 11.8 Å². The van der Waals surface area contributed by atoms with Crippen LogP contribution in [0.25, 0.3) is 0 Å². The van der Waals surface area contributed by atoms with Gasteiger partial charge in [0, 0.05) is 19.4 Å². The van der Waals surface area contributed by atoms with Gasteiger partial charge in [-0.2, -0.15) is 11.8 Å². The number of carboxylic acids is 1. The highest BCUT2D eigenvalue weighted by atomic mass is 32.2. The first-order chi connectivity index (χ1) is 30.3. The van der Waals surface area contributed by atoms with E-state index in [-0.39, 0.29) is 43.9 Å². The molecule has 2 aromatic carbocycles. The molecule has 0 radical (unpaired) electrons. The second kappa shape index (κ2) is 28.2. The van der Waals surface area contributed by atoms with E-state index < -0.39 is 109 Å². The Bertz CT molecular complexity index is 1900. The molecular formula is C40H59N11O12S. The number of hydrogen-bond acceptors (Lipinski definition) is 14. The number of carbonyl (C=O) groups excluding carboxylic acids is 7. The van der Waals surface area contributed by atoms with Crippen molar-refractivity contribution in [2.75, 3.05) is 38.2 Å². The molecule has 24 heteroatoms. The Morgan fingerprint density at radius 2 is 1.25 bits per heavy atom. The molecule has 2 aromatic rings. The predicted octanol–water partition coefficient (Wildman–Crippen LogP) is -4.57. The average molecular weight is 918 g/mol. The molecule has 0 saturated heterocycles. The van der Waals surface area contributed by atoms with E-state index in [1.54, 1.807) is 48.7 Å². The lowest BCUT2D eigenvalue weighted by Crippen LogP contribution is -2.60. The number of nitrogens with zero attached hydrogens (tertiary/aromatic N) is 1. The number of aliphatic hydroxyl groups excluding tert-OH is 2. The van der Waals surface area contributed by atoms with Crippen molar-refractivity contribution in [3.05, 3.63) is 65.7 Å². The summed E-state index contributed by atoms with van der Waals surface area (Å²) in [4.78, 5) is 107. The van der Waals surface area contributed by atoms with E-state index in [9.17, 15) is 58.8 Å². The normalized spacial score (nSPS) is 14.1. The van der Waals surface area contributed by atoms with Crippen LogP contribution in [0.3, 0.4) is 0 Å². The van der Waals surface area contributed by atoms with Gasteiger partial charge in [-0.05, 0) is 61.5 Å². The number of benzene rings is 2. The van der Waals surface area contributed by atoms with Crippen LogP contribution in [0, 0.1) is 0 Å². The lowest BCUT2D eigenvalue weighted by atomic mass is 10.0. The summed E-state index contributed by atoms with van der Waals surface area (Å²) in [5.41, 5.74) is 17.8. The molecular weight excluding hydrogens is 859 g/mol. The molecule has 0 spiro atoms. The molecule has 7 amide bonds. The Balaban J connectivity index is 2.13. The van der Waals surface area contributed by atoms with Crippen LogP contribution in [0.5, 0.6) is 5.75 Å². The molecule has 7 atom stereocenters. The van der Waals surface area contributed by atoms with Gasteiger partial charge >= 0.3 is 5.97 Å². The van der Waals surface area contributed by atoms with E-state index in [1.165, 1.54) is 30.8 Å². The van der Waals surface area contributed by atoms with Crippen molar-refractivity contribution >= 4 is 65.0 Å². The first-order valence-corrected chi connectivity index (χ1v) is 21.4. The van der Waals surface area contributed by atoms with E-state index in [4.69, 9.17) is 17.2 Å². The first-order valence-electron chi connectivity index (χ1n) is 20.0. The van der Waals surface area contributed by atoms with Crippen LogP contribution in [-0.2, 0) is 51.2 Å². The molecule has 23 nitrogen and oxygen atoms in total. The standard InChI is InChI=1S/C40H59N11O12S/c1-22(53)33(38(61)50-30(21-52)39(62)63)51-36(59)27(14-16-64-2)48-37(60)29(17-23-7-4-3-5-8-23)47-32(56)20-45-31(55)19-46-35(58)28(18-24-10-12-25(54)13-11-24)49-34(57)26(41)9-6-15-44-40(42)43/h3-5,7-8,10-13,22,26-30,33,52-54H,6,9,14-21,41H2,1-2H3,(H,45,55)(H,46,58)(H,47,56)(H,48,60)(H,49,57)(H,50,61)(H,51,59)(H,62,63)(H4,42,43,44)/t22?,26-,27-,28-,29-,30-,33-/m0/s1. The van der Waals surface area contributed by atoms with Gasteiger partial charge in [-0.3, -0.25) is 38.6 Å². The Labute approximate surface area is 373 Å². The lowest BCUT2D eigenvalue weighted by Gasteiger charge is -2.27. The number of aromatic hydroxyl groups is 1. The second-order valence-corrected chi connectivity index (χ2v) is 15.4. The van der Waals surface area contributed by atoms with E-state index >= 15 is 0 Å². The summed E-state index contributed by atoms with van der Waals surface area (Å²) in [5, 5.41) is 55.2. The Hall–Kier alpha value is -6.50. The number of phenols is 1. The largest absolute Gasteiger partial charge is 0.508 e. The predicted molar refractivity (Wildman–Crippen MR) is 235 cm³/mol. The minimum atomic E-state index is -1.72. The van der Waals surface area contributed by atoms with Gasteiger partial charge in [0.25, 0.3) is 0 Å². The fraction of sp³-hybridized carbons (Fsp3) is 0.475. The molecule has 0 aliphatic rings. The maximum absolute atomic E-state index is 13.8. The molecule has 0 bridgehead atoms. The minimum Gasteiger partial charge on any atom is -0.508 e. The number of aliphatic imine (C=N–C) groups is 1.